The highest BCUT2D eigenvalue weighted by Crippen LogP contribution is 2.14. The fourth-order valence-electron chi connectivity index (χ4n) is 0.877. The molecule has 0 amide bonds. The molecule has 0 unspecified atom stereocenters. The van der Waals surface area contributed by atoms with Crippen molar-refractivity contribution >= 4 is 24.3 Å². The summed E-state index contributed by atoms with van der Waals surface area (Å²) in [4.78, 5) is 20.6. The Morgan fingerprint density at radius 2 is 1.77 bits per heavy atom. The second-order valence-electron chi connectivity index (χ2n) is 2.53. The van der Waals surface area contributed by atoms with Crippen molar-refractivity contribution in [2.24, 2.45) is 0 Å². The topological polar surface area (TPSA) is 34.1 Å². The number of carbonyl (C=O) groups excluding carboxylic acids is 2. The van der Waals surface area contributed by atoms with Crippen LogP contribution in [0.15, 0.2) is 30.3 Å². The van der Waals surface area contributed by atoms with Gasteiger partial charge in [0.25, 0.3) is 0 Å². The molecular formula is C10H10O2S. The zero-order valence-electron chi connectivity index (χ0n) is 7.05. The van der Waals surface area contributed by atoms with Gasteiger partial charge in [-0.15, -0.1) is 11.8 Å². The van der Waals surface area contributed by atoms with E-state index in [-0.39, 0.29) is 0 Å². The van der Waals surface area contributed by atoms with Crippen molar-refractivity contribution < 1.29 is 9.59 Å². The first kappa shape index (κ1) is 9.99. The molecule has 0 bridgehead atoms. The number of aldehydes is 2. The maximum absolute atomic E-state index is 10.3. The van der Waals surface area contributed by atoms with Gasteiger partial charge in [0.2, 0.25) is 0 Å². The van der Waals surface area contributed by atoms with Crippen LogP contribution in [0.1, 0.15) is 5.56 Å². The van der Waals surface area contributed by atoms with Crippen molar-refractivity contribution in [1.82, 2.24) is 0 Å². The molecule has 0 saturated heterocycles. The first-order chi connectivity index (χ1) is 6.36. The minimum absolute atomic E-state index is 0.528. The number of thioether (sulfide) groups is 1. The summed E-state index contributed by atoms with van der Waals surface area (Å²) >= 11 is 1.34. The molecule has 0 radical (unpaired) electrons. The van der Waals surface area contributed by atoms with Crippen LogP contribution >= 0.6 is 11.8 Å². The Labute approximate surface area is 81.3 Å². The van der Waals surface area contributed by atoms with Gasteiger partial charge < -0.3 is 9.59 Å². The van der Waals surface area contributed by atoms with Crippen molar-refractivity contribution in [1.29, 1.82) is 0 Å². The normalized spacial score (nSPS) is 9.92. The van der Waals surface area contributed by atoms with Crippen LogP contribution in [0.2, 0.25) is 0 Å². The molecule has 0 heterocycles. The monoisotopic (exact) mass is 194 g/mol. The van der Waals surface area contributed by atoms with Gasteiger partial charge in [-0.2, -0.15) is 0 Å². The molecule has 1 rings (SSSR count). The van der Waals surface area contributed by atoms with Gasteiger partial charge in [-0.1, -0.05) is 30.3 Å². The van der Waals surface area contributed by atoms with E-state index in [0.717, 1.165) is 5.56 Å². The Bertz CT molecular complexity index is 264. The number of rotatable bonds is 5. The minimum atomic E-state index is -0.528. The zero-order valence-corrected chi connectivity index (χ0v) is 7.87. The molecule has 1 aromatic rings. The zero-order chi connectivity index (χ0) is 9.52. The van der Waals surface area contributed by atoms with Crippen molar-refractivity contribution in [3.05, 3.63) is 35.9 Å². The molecule has 68 valence electrons. The van der Waals surface area contributed by atoms with E-state index >= 15 is 0 Å². The standard InChI is InChI=1S/C10H10O2S/c11-6-10(7-12)13-8-9-4-2-1-3-5-9/h1-7,10H,8H2. The highest BCUT2D eigenvalue weighted by molar-refractivity contribution is 8.00. The van der Waals surface area contributed by atoms with Crippen molar-refractivity contribution in [3.8, 4) is 0 Å². The largest absolute Gasteiger partial charge is 0.302 e. The summed E-state index contributed by atoms with van der Waals surface area (Å²) in [5.74, 6) is 0.697. The highest BCUT2D eigenvalue weighted by atomic mass is 32.2. The summed E-state index contributed by atoms with van der Waals surface area (Å²) < 4.78 is 0. The van der Waals surface area contributed by atoms with Crippen molar-refractivity contribution in [2.75, 3.05) is 0 Å². The van der Waals surface area contributed by atoms with Crippen LogP contribution < -0.4 is 0 Å². The average Bonchev–Trinajstić information content (AvgIpc) is 2.21. The molecule has 0 aliphatic carbocycles. The van der Waals surface area contributed by atoms with Crippen LogP contribution in [0.4, 0.5) is 0 Å². The van der Waals surface area contributed by atoms with E-state index in [1.165, 1.54) is 11.8 Å². The van der Waals surface area contributed by atoms with Crippen LogP contribution in [0.5, 0.6) is 0 Å². The molecule has 2 nitrogen and oxygen atoms in total. The van der Waals surface area contributed by atoms with Crippen LogP contribution in [-0.2, 0) is 15.3 Å². The molecule has 0 atom stereocenters. The minimum Gasteiger partial charge on any atom is -0.302 e. The van der Waals surface area contributed by atoms with Crippen LogP contribution in [-0.4, -0.2) is 17.8 Å². The number of benzene rings is 1. The molecular weight excluding hydrogens is 184 g/mol. The lowest BCUT2D eigenvalue weighted by Gasteiger charge is -2.01. The Morgan fingerprint density at radius 1 is 1.15 bits per heavy atom. The molecule has 0 aromatic heterocycles. The van der Waals surface area contributed by atoms with E-state index < -0.39 is 5.25 Å². The van der Waals surface area contributed by atoms with Gasteiger partial charge in [0.15, 0.2) is 0 Å². The van der Waals surface area contributed by atoms with Crippen LogP contribution in [0.3, 0.4) is 0 Å². The molecule has 0 spiro atoms. The third-order valence-corrected chi connectivity index (χ3v) is 2.66. The summed E-state index contributed by atoms with van der Waals surface area (Å²) in [6.07, 6.45) is 1.33. The summed E-state index contributed by atoms with van der Waals surface area (Å²) in [5.41, 5.74) is 1.13. The average molecular weight is 194 g/mol. The van der Waals surface area contributed by atoms with Gasteiger partial charge in [0, 0.05) is 5.75 Å². The smallest absolute Gasteiger partial charge is 0.140 e. The lowest BCUT2D eigenvalue weighted by atomic mass is 10.2. The second kappa shape index (κ2) is 5.54. The van der Waals surface area contributed by atoms with Crippen LogP contribution in [0.25, 0.3) is 0 Å². The van der Waals surface area contributed by atoms with Gasteiger partial charge in [-0.05, 0) is 5.56 Å². The van der Waals surface area contributed by atoms with Crippen molar-refractivity contribution in [3.63, 3.8) is 0 Å². The molecule has 0 N–H and O–H groups in total. The first-order valence-corrected chi connectivity index (χ1v) is 4.98. The van der Waals surface area contributed by atoms with E-state index in [4.69, 9.17) is 0 Å². The van der Waals surface area contributed by atoms with E-state index in [2.05, 4.69) is 0 Å². The molecule has 0 aliphatic heterocycles. The predicted molar refractivity (Wildman–Crippen MR) is 53.7 cm³/mol. The van der Waals surface area contributed by atoms with E-state index in [1.54, 1.807) is 0 Å². The third kappa shape index (κ3) is 3.42. The maximum atomic E-state index is 10.3. The maximum Gasteiger partial charge on any atom is 0.140 e. The van der Waals surface area contributed by atoms with Crippen LogP contribution in [0, 0.1) is 0 Å². The molecule has 3 heteroatoms. The summed E-state index contributed by atoms with van der Waals surface area (Å²) in [6.45, 7) is 0. The van der Waals surface area contributed by atoms with Gasteiger partial charge in [-0.3, -0.25) is 0 Å². The fourth-order valence-corrected chi connectivity index (χ4v) is 1.61. The Kier molecular flexibility index (Phi) is 4.26. The summed E-state index contributed by atoms with van der Waals surface area (Å²) in [5, 5.41) is -0.528. The molecule has 1 aromatic carbocycles. The number of carbonyl (C=O) groups is 2. The van der Waals surface area contributed by atoms with Gasteiger partial charge in [0.05, 0.1) is 0 Å². The Balaban J connectivity index is 2.42. The van der Waals surface area contributed by atoms with E-state index in [0.29, 0.717) is 18.3 Å². The van der Waals surface area contributed by atoms with Gasteiger partial charge in [0.1, 0.15) is 17.8 Å². The van der Waals surface area contributed by atoms with Gasteiger partial charge in [-0.25, -0.2) is 0 Å². The van der Waals surface area contributed by atoms with E-state index in [1.807, 2.05) is 30.3 Å². The second-order valence-corrected chi connectivity index (χ2v) is 3.70. The first-order valence-electron chi connectivity index (χ1n) is 3.93. The Morgan fingerprint density at radius 3 is 2.31 bits per heavy atom. The Hall–Kier alpha value is -1.09. The summed E-state index contributed by atoms with van der Waals surface area (Å²) in [7, 11) is 0. The summed E-state index contributed by atoms with van der Waals surface area (Å²) in [6, 6.07) is 9.75. The number of hydrogen-bond donors (Lipinski definition) is 0. The third-order valence-electron chi connectivity index (χ3n) is 1.55. The van der Waals surface area contributed by atoms with Crippen molar-refractivity contribution in [2.45, 2.75) is 11.0 Å². The number of hydrogen-bond acceptors (Lipinski definition) is 3. The fraction of sp³-hybridized carbons (Fsp3) is 0.200. The SMILES string of the molecule is O=CC(C=O)SCc1ccccc1. The lowest BCUT2D eigenvalue weighted by Crippen LogP contribution is -2.05. The predicted octanol–water partition coefficient (Wildman–Crippen LogP) is 1.69. The lowest BCUT2D eigenvalue weighted by molar-refractivity contribution is -0.113. The quantitative estimate of drug-likeness (QED) is 0.528. The van der Waals surface area contributed by atoms with Gasteiger partial charge >= 0.3 is 0 Å². The molecule has 0 saturated carbocycles. The van der Waals surface area contributed by atoms with E-state index in [9.17, 15) is 9.59 Å². The molecule has 13 heavy (non-hydrogen) atoms. The molecule has 0 aliphatic rings. The highest BCUT2D eigenvalue weighted by Gasteiger charge is 2.04. The molecule has 0 fully saturated rings.